The minimum absolute atomic E-state index is 0. The van der Waals surface area contributed by atoms with E-state index < -0.39 is 10.0 Å². The predicted molar refractivity (Wildman–Crippen MR) is 91.5 cm³/mol. The van der Waals surface area contributed by atoms with Crippen LogP contribution < -0.4 is 16.2 Å². The van der Waals surface area contributed by atoms with E-state index in [0.717, 1.165) is 5.56 Å². The van der Waals surface area contributed by atoms with Crippen molar-refractivity contribution in [2.24, 2.45) is 15.9 Å². The first-order valence-electron chi connectivity index (χ1n) is 5.61. The van der Waals surface area contributed by atoms with Crippen molar-refractivity contribution < 1.29 is 8.42 Å². The number of rotatable bonds is 5. The number of halogens is 1. The van der Waals surface area contributed by atoms with Crippen molar-refractivity contribution in [1.82, 2.24) is 5.32 Å². The summed E-state index contributed by atoms with van der Waals surface area (Å²) in [6, 6.07) is 4.87. The van der Waals surface area contributed by atoms with Gasteiger partial charge in [0.15, 0.2) is 5.96 Å². The molecule has 0 aliphatic rings. The first kappa shape index (κ1) is 18.9. The molecule has 1 rings (SSSR count). The molecule has 20 heavy (non-hydrogen) atoms. The second-order valence-electron chi connectivity index (χ2n) is 4.02. The lowest BCUT2D eigenvalue weighted by Gasteiger charge is -2.06. The minimum atomic E-state index is -3.68. The third-order valence-electron chi connectivity index (χ3n) is 2.41. The van der Waals surface area contributed by atoms with Crippen LogP contribution in [0.3, 0.4) is 0 Å². The van der Waals surface area contributed by atoms with Gasteiger partial charge in [0.25, 0.3) is 0 Å². The lowest BCUT2D eigenvalue weighted by Crippen LogP contribution is -2.31. The Bertz CT molecular complexity index is 599. The number of nitrogens with zero attached hydrogens (tertiary/aromatic N) is 1. The average molecular weight is 410 g/mol. The van der Waals surface area contributed by atoms with Crippen LogP contribution in [0.5, 0.6) is 0 Å². The molecule has 0 heterocycles. The zero-order valence-corrected chi connectivity index (χ0v) is 14.3. The number of nitrogens with one attached hydrogen (secondary N) is 1. The Morgan fingerprint density at radius 1 is 1.50 bits per heavy atom. The standard InChI is InChI=1S/C12H18N4O2S.HI/c1-3-6-15-12(13)16-8-10-4-5-11(9(2)7-10)19(14,17)18;/h3-5,7H,1,6,8H2,2H3,(H3,13,15,16)(H2,14,17,18);1H. The highest BCUT2D eigenvalue weighted by Gasteiger charge is 2.11. The fourth-order valence-electron chi connectivity index (χ4n) is 1.54. The zero-order valence-electron chi connectivity index (χ0n) is 11.2. The smallest absolute Gasteiger partial charge is 0.238 e. The summed E-state index contributed by atoms with van der Waals surface area (Å²) in [5.74, 6) is 0.313. The van der Waals surface area contributed by atoms with Crippen molar-refractivity contribution >= 4 is 40.0 Å². The van der Waals surface area contributed by atoms with Crippen LogP contribution in [0.4, 0.5) is 0 Å². The summed E-state index contributed by atoms with van der Waals surface area (Å²) in [6.07, 6.45) is 1.67. The van der Waals surface area contributed by atoms with Gasteiger partial charge in [-0.05, 0) is 24.1 Å². The fourth-order valence-corrected chi connectivity index (χ4v) is 2.30. The lowest BCUT2D eigenvalue weighted by atomic mass is 10.1. The second kappa shape index (κ2) is 8.22. The maximum atomic E-state index is 11.3. The highest BCUT2D eigenvalue weighted by atomic mass is 127. The molecule has 6 nitrogen and oxygen atoms in total. The third kappa shape index (κ3) is 5.88. The van der Waals surface area contributed by atoms with E-state index in [1.807, 2.05) is 0 Å². The van der Waals surface area contributed by atoms with Gasteiger partial charge in [-0.3, -0.25) is 0 Å². The van der Waals surface area contributed by atoms with Crippen LogP contribution in [-0.4, -0.2) is 20.9 Å². The molecule has 0 aromatic heterocycles. The minimum Gasteiger partial charge on any atom is -0.370 e. The van der Waals surface area contributed by atoms with Gasteiger partial charge in [-0.25, -0.2) is 18.5 Å². The molecule has 0 saturated heterocycles. The van der Waals surface area contributed by atoms with Gasteiger partial charge >= 0.3 is 0 Å². The molecule has 0 bridgehead atoms. The van der Waals surface area contributed by atoms with Gasteiger partial charge in [0.2, 0.25) is 10.0 Å². The van der Waals surface area contributed by atoms with E-state index in [9.17, 15) is 8.42 Å². The molecule has 0 spiro atoms. The van der Waals surface area contributed by atoms with Gasteiger partial charge in [-0.15, -0.1) is 30.6 Å². The third-order valence-corrected chi connectivity index (χ3v) is 3.48. The van der Waals surface area contributed by atoms with E-state index in [0.29, 0.717) is 24.6 Å². The van der Waals surface area contributed by atoms with Crippen LogP contribution in [-0.2, 0) is 16.6 Å². The van der Waals surface area contributed by atoms with Crippen molar-refractivity contribution in [3.63, 3.8) is 0 Å². The van der Waals surface area contributed by atoms with Crippen LogP contribution in [0.15, 0.2) is 40.7 Å². The molecule has 0 aliphatic carbocycles. The Hall–Kier alpha value is -1.13. The Balaban J connectivity index is 0.00000361. The summed E-state index contributed by atoms with van der Waals surface area (Å²) < 4.78 is 22.5. The summed E-state index contributed by atoms with van der Waals surface area (Å²) in [5.41, 5.74) is 7.07. The zero-order chi connectivity index (χ0) is 14.5. The van der Waals surface area contributed by atoms with E-state index in [-0.39, 0.29) is 28.9 Å². The normalized spacial score (nSPS) is 11.6. The summed E-state index contributed by atoms with van der Waals surface area (Å²) in [6.45, 7) is 6.14. The van der Waals surface area contributed by atoms with Gasteiger partial charge in [0, 0.05) is 6.54 Å². The Labute approximate surface area is 136 Å². The van der Waals surface area contributed by atoms with Crippen LogP contribution in [0.1, 0.15) is 11.1 Å². The Morgan fingerprint density at radius 2 is 2.15 bits per heavy atom. The first-order chi connectivity index (χ1) is 8.84. The molecule has 0 aliphatic heterocycles. The molecule has 0 amide bonds. The van der Waals surface area contributed by atoms with E-state index >= 15 is 0 Å². The number of primary sulfonamides is 1. The number of hydrogen-bond donors (Lipinski definition) is 3. The Kier molecular flexibility index (Phi) is 7.76. The summed E-state index contributed by atoms with van der Waals surface area (Å²) in [5, 5.41) is 7.94. The molecular weight excluding hydrogens is 391 g/mol. The van der Waals surface area contributed by atoms with Crippen LogP contribution >= 0.6 is 24.0 Å². The number of nitrogens with two attached hydrogens (primary N) is 2. The maximum absolute atomic E-state index is 11.3. The molecule has 0 unspecified atom stereocenters. The number of sulfonamides is 1. The average Bonchev–Trinajstić information content (AvgIpc) is 2.32. The topological polar surface area (TPSA) is 111 Å². The number of benzene rings is 1. The molecule has 1 aromatic rings. The molecule has 1 aromatic carbocycles. The molecule has 5 N–H and O–H groups in total. The molecule has 0 saturated carbocycles. The van der Waals surface area contributed by atoms with Crippen molar-refractivity contribution in [2.45, 2.75) is 18.4 Å². The van der Waals surface area contributed by atoms with Gasteiger partial charge < -0.3 is 11.1 Å². The Morgan fingerprint density at radius 3 is 2.65 bits per heavy atom. The largest absolute Gasteiger partial charge is 0.370 e. The van der Waals surface area contributed by atoms with E-state index in [1.165, 1.54) is 6.07 Å². The van der Waals surface area contributed by atoms with Crippen molar-refractivity contribution in [1.29, 1.82) is 0 Å². The molecule has 0 fully saturated rings. The van der Waals surface area contributed by atoms with E-state index in [1.54, 1.807) is 25.1 Å². The summed E-state index contributed by atoms with van der Waals surface area (Å²) in [7, 11) is -3.68. The highest BCUT2D eigenvalue weighted by molar-refractivity contribution is 14.0. The van der Waals surface area contributed by atoms with E-state index in [4.69, 9.17) is 10.9 Å². The van der Waals surface area contributed by atoms with Gasteiger partial charge in [0.05, 0.1) is 11.4 Å². The number of aliphatic imine (C=N–C) groups is 1. The van der Waals surface area contributed by atoms with Gasteiger partial charge in [0.1, 0.15) is 0 Å². The highest BCUT2D eigenvalue weighted by Crippen LogP contribution is 2.15. The number of hydrogen-bond acceptors (Lipinski definition) is 3. The van der Waals surface area contributed by atoms with Crippen molar-refractivity contribution in [3.8, 4) is 0 Å². The van der Waals surface area contributed by atoms with Crippen molar-refractivity contribution in [3.05, 3.63) is 42.0 Å². The monoisotopic (exact) mass is 410 g/mol. The molecular formula is C12H19IN4O2S. The molecule has 8 heteroatoms. The summed E-state index contributed by atoms with van der Waals surface area (Å²) >= 11 is 0. The lowest BCUT2D eigenvalue weighted by molar-refractivity contribution is 0.597. The number of guanidine groups is 1. The second-order valence-corrected chi connectivity index (χ2v) is 5.55. The fraction of sp³-hybridized carbons (Fsp3) is 0.250. The van der Waals surface area contributed by atoms with Crippen molar-refractivity contribution in [2.75, 3.05) is 6.54 Å². The first-order valence-corrected chi connectivity index (χ1v) is 7.16. The molecule has 112 valence electrons. The van der Waals surface area contributed by atoms with Gasteiger partial charge in [-0.1, -0.05) is 18.2 Å². The summed E-state index contributed by atoms with van der Waals surface area (Å²) in [4.78, 5) is 4.24. The van der Waals surface area contributed by atoms with Crippen LogP contribution in [0.2, 0.25) is 0 Å². The molecule has 0 atom stereocenters. The molecule has 0 radical (unpaired) electrons. The maximum Gasteiger partial charge on any atom is 0.238 e. The number of aryl methyl sites for hydroxylation is 1. The van der Waals surface area contributed by atoms with Crippen LogP contribution in [0.25, 0.3) is 0 Å². The quantitative estimate of drug-likeness (QED) is 0.289. The van der Waals surface area contributed by atoms with E-state index in [2.05, 4.69) is 16.9 Å². The predicted octanol–water partition coefficient (Wildman–Crippen LogP) is 0.851. The van der Waals surface area contributed by atoms with Crippen LogP contribution in [0, 0.1) is 6.92 Å². The SMILES string of the molecule is C=CCNC(N)=NCc1ccc(S(N)(=O)=O)c(C)c1.I. The van der Waals surface area contributed by atoms with Gasteiger partial charge in [-0.2, -0.15) is 0 Å².